The Bertz CT molecular complexity index is 691. The van der Waals surface area contributed by atoms with Crippen molar-refractivity contribution in [3.8, 4) is 0 Å². The van der Waals surface area contributed by atoms with Crippen LogP contribution in [0.4, 0.5) is 0 Å². The third-order valence-electron chi connectivity index (χ3n) is 7.76. The molecule has 0 aromatic heterocycles. The van der Waals surface area contributed by atoms with Crippen molar-refractivity contribution in [1.29, 1.82) is 0 Å². The van der Waals surface area contributed by atoms with E-state index < -0.39 is 11.5 Å². The number of nitrogens with zero attached hydrogens (tertiary/aromatic N) is 1. The van der Waals surface area contributed by atoms with Gasteiger partial charge in [-0.2, -0.15) is 0 Å². The standard InChI is InChI=1S/C28H50N2O4/c1-9-13-18-28(10-2,11-3)27(33)29-24(22-16-14-15-17-22)25(31)30(8)23(20(5)6)19-21(7)26(32)34-12-4/h19-20,22-24H,9-18H2,1-8H3,(H,29,33)/b21-19+/t23-,24+/m1/s1. The van der Waals surface area contributed by atoms with Gasteiger partial charge >= 0.3 is 5.97 Å². The molecule has 6 nitrogen and oxygen atoms in total. The molecular formula is C28H50N2O4. The van der Waals surface area contributed by atoms with Crippen LogP contribution in [-0.2, 0) is 19.1 Å². The van der Waals surface area contributed by atoms with Crippen molar-refractivity contribution in [1.82, 2.24) is 10.2 Å². The van der Waals surface area contributed by atoms with E-state index in [0.29, 0.717) is 12.2 Å². The first-order valence-electron chi connectivity index (χ1n) is 13.5. The van der Waals surface area contributed by atoms with Crippen molar-refractivity contribution in [2.45, 2.75) is 118 Å². The van der Waals surface area contributed by atoms with E-state index >= 15 is 0 Å². The molecule has 34 heavy (non-hydrogen) atoms. The highest BCUT2D eigenvalue weighted by Gasteiger charge is 2.41. The lowest BCUT2D eigenvalue weighted by molar-refractivity contribution is -0.142. The van der Waals surface area contributed by atoms with Crippen LogP contribution in [-0.4, -0.2) is 48.4 Å². The molecule has 2 atom stereocenters. The van der Waals surface area contributed by atoms with Crippen molar-refractivity contribution in [2.75, 3.05) is 13.7 Å². The largest absolute Gasteiger partial charge is 0.463 e. The van der Waals surface area contributed by atoms with E-state index in [1.165, 1.54) is 0 Å². The second-order valence-electron chi connectivity index (χ2n) is 10.3. The van der Waals surface area contributed by atoms with Crippen LogP contribution in [0.25, 0.3) is 0 Å². The second kappa shape index (κ2) is 14.5. The van der Waals surface area contributed by atoms with Crippen molar-refractivity contribution < 1.29 is 19.1 Å². The number of likely N-dealkylation sites (N-methyl/N-ethyl adjacent to an activating group) is 1. The molecule has 1 N–H and O–H groups in total. The molecule has 1 aliphatic rings. The number of nitrogens with one attached hydrogen (secondary N) is 1. The summed E-state index contributed by atoms with van der Waals surface area (Å²) in [5, 5.41) is 3.24. The van der Waals surface area contributed by atoms with Gasteiger partial charge in [-0.05, 0) is 57.8 Å². The van der Waals surface area contributed by atoms with E-state index in [9.17, 15) is 14.4 Å². The summed E-state index contributed by atoms with van der Waals surface area (Å²) in [6.07, 6.45) is 10.4. The molecule has 196 valence electrons. The highest BCUT2D eigenvalue weighted by Crippen LogP contribution is 2.35. The predicted molar refractivity (Wildman–Crippen MR) is 138 cm³/mol. The molecule has 0 radical (unpaired) electrons. The van der Waals surface area contributed by atoms with Crippen LogP contribution in [0.3, 0.4) is 0 Å². The lowest BCUT2D eigenvalue weighted by Crippen LogP contribution is -2.56. The molecule has 1 aliphatic carbocycles. The molecule has 0 saturated heterocycles. The van der Waals surface area contributed by atoms with E-state index in [4.69, 9.17) is 4.74 Å². The van der Waals surface area contributed by atoms with Gasteiger partial charge in [0, 0.05) is 18.0 Å². The number of hydrogen-bond acceptors (Lipinski definition) is 4. The summed E-state index contributed by atoms with van der Waals surface area (Å²) in [4.78, 5) is 41.4. The van der Waals surface area contributed by atoms with Crippen LogP contribution in [0.5, 0.6) is 0 Å². The maximum atomic E-state index is 13.9. The molecule has 0 unspecified atom stereocenters. The molecule has 0 aromatic rings. The molecule has 0 bridgehead atoms. The number of rotatable bonds is 14. The first-order valence-corrected chi connectivity index (χ1v) is 13.5. The smallest absolute Gasteiger partial charge is 0.333 e. The number of amides is 2. The summed E-state index contributed by atoms with van der Waals surface area (Å²) in [5.74, 6) is -0.152. The van der Waals surface area contributed by atoms with E-state index in [2.05, 4.69) is 26.1 Å². The summed E-state index contributed by atoms with van der Waals surface area (Å²) in [6, 6.07) is -0.795. The minimum Gasteiger partial charge on any atom is -0.463 e. The minimum absolute atomic E-state index is 0.0175. The third-order valence-corrected chi connectivity index (χ3v) is 7.76. The van der Waals surface area contributed by atoms with Crippen molar-refractivity contribution in [3.05, 3.63) is 11.6 Å². The molecule has 6 heteroatoms. The highest BCUT2D eigenvalue weighted by atomic mass is 16.5. The molecule has 1 fully saturated rings. The van der Waals surface area contributed by atoms with Gasteiger partial charge in [0.15, 0.2) is 0 Å². The number of carbonyl (C=O) groups excluding carboxylic acids is 3. The average molecular weight is 479 g/mol. The third kappa shape index (κ3) is 7.84. The van der Waals surface area contributed by atoms with Gasteiger partial charge in [0.25, 0.3) is 0 Å². The van der Waals surface area contributed by atoms with Gasteiger partial charge in [-0.3, -0.25) is 9.59 Å². The first-order chi connectivity index (χ1) is 16.1. The number of carbonyl (C=O) groups is 3. The maximum Gasteiger partial charge on any atom is 0.333 e. The fourth-order valence-electron chi connectivity index (χ4n) is 5.21. The highest BCUT2D eigenvalue weighted by molar-refractivity contribution is 5.91. The van der Waals surface area contributed by atoms with Gasteiger partial charge in [0.05, 0.1) is 12.6 Å². The zero-order chi connectivity index (χ0) is 25.9. The van der Waals surface area contributed by atoms with Gasteiger partial charge in [-0.1, -0.05) is 66.4 Å². The van der Waals surface area contributed by atoms with E-state index in [1.807, 2.05) is 19.9 Å². The van der Waals surface area contributed by atoms with Gasteiger partial charge in [0.2, 0.25) is 11.8 Å². The Morgan fingerprint density at radius 3 is 2.15 bits per heavy atom. The zero-order valence-electron chi connectivity index (χ0n) is 23.0. The van der Waals surface area contributed by atoms with E-state index in [0.717, 1.165) is 57.8 Å². The van der Waals surface area contributed by atoms with Gasteiger partial charge in [-0.15, -0.1) is 0 Å². The Labute approximate surface area is 208 Å². The van der Waals surface area contributed by atoms with Crippen LogP contribution in [0.1, 0.15) is 106 Å². The number of unbranched alkanes of at least 4 members (excludes halogenated alkanes) is 1. The number of esters is 1. The lowest BCUT2D eigenvalue weighted by atomic mass is 9.76. The van der Waals surface area contributed by atoms with Crippen LogP contribution >= 0.6 is 0 Å². The zero-order valence-corrected chi connectivity index (χ0v) is 23.0. The molecule has 0 aromatic carbocycles. The Hall–Kier alpha value is -1.85. The Kier molecular flexibility index (Phi) is 12.9. The summed E-state index contributed by atoms with van der Waals surface area (Å²) in [6.45, 7) is 14.2. The summed E-state index contributed by atoms with van der Waals surface area (Å²) in [7, 11) is 1.79. The van der Waals surface area contributed by atoms with E-state index in [-0.39, 0.29) is 35.7 Å². The maximum absolute atomic E-state index is 13.9. The average Bonchev–Trinajstić information content (AvgIpc) is 3.35. The SMILES string of the molecule is CCCCC(CC)(CC)C(=O)N[C@H](C(=O)N(C)[C@H](/C=C(\C)C(=O)OCC)C(C)C)C1CCCC1. The summed E-state index contributed by atoms with van der Waals surface area (Å²) < 4.78 is 5.13. The van der Waals surface area contributed by atoms with Crippen LogP contribution < -0.4 is 5.32 Å². The Balaban J connectivity index is 3.22. The van der Waals surface area contributed by atoms with Crippen LogP contribution in [0.2, 0.25) is 0 Å². The topological polar surface area (TPSA) is 75.7 Å². The molecule has 0 heterocycles. The van der Waals surface area contributed by atoms with Crippen molar-refractivity contribution in [2.24, 2.45) is 17.3 Å². The monoisotopic (exact) mass is 478 g/mol. The van der Waals surface area contributed by atoms with Crippen molar-refractivity contribution >= 4 is 17.8 Å². The lowest BCUT2D eigenvalue weighted by Gasteiger charge is -2.37. The molecule has 2 amide bonds. The Morgan fingerprint density at radius 1 is 1.09 bits per heavy atom. The first kappa shape index (κ1) is 30.2. The van der Waals surface area contributed by atoms with Gasteiger partial charge in [-0.25, -0.2) is 4.79 Å². The predicted octanol–water partition coefficient (Wildman–Crippen LogP) is 5.65. The molecule has 1 rings (SSSR count). The normalized spacial score (nSPS) is 16.9. The van der Waals surface area contributed by atoms with Gasteiger partial charge in [0.1, 0.15) is 6.04 Å². The minimum atomic E-state index is -0.531. The quantitative estimate of drug-likeness (QED) is 0.258. The number of hydrogen-bond donors (Lipinski definition) is 1. The summed E-state index contributed by atoms with van der Waals surface area (Å²) in [5.41, 5.74) is 0.0704. The molecule has 1 saturated carbocycles. The fraction of sp³-hybridized carbons (Fsp3) is 0.821. The fourth-order valence-corrected chi connectivity index (χ4v) is 5.21. The number of ether oxygens (including phenoxy) is 1. The molecular weight excluding hydrogens is 428 g/mol. The van der Waals surface area contributed by atoms with Gasteiger partial charge < -0.3 is 15.0 Å². The van der Waals surface area contributed by atoms with Crippen molar-refractivity contribution in [3.63, 3.8) is 0 Å². The summed E-state index contributed by atoms with van der Waals surface area (Å²) >= 11 is 0. The molecule has 0 aliphatic heterocycles. The van der Waals surface area contributed by atoms with Crippen LogP contribution in [0, 0.1) is 17.3 Å². The second-order valence-corrected chi connectivity index (χ2v) is 10.3. The Morgan fingerprint density at radius 2 is 1.68 bits per heavy atom. The van der Waals surface area contributed by atoms with Crippen LogP contribution in [0.15, 0.2) is 11.6 Å². The van der Waals surface area contributed by atoms with E-state index in [1.54, 1.807) is 25.8 Å². The molecule has 0 spiro atoms.